The van der Waals surface area contributed by atoms with E-state index in [1.54, 1.807) is 0 Å². The number of aliphatic carboxylic acids is 1. The first-order chi connectivity index (χ1) is 21.6. The second-order valence-electron chi connectivity index (χ2n) is 16.0. The summed E-state index contributed by atoms with van der Waals surface area (Å²) in [6, 6.07) is 10.6. The van der Waals surface area contributed by atoms with Gasteiger partial charge in [-0.25, -0.2) is 0 Å². The first-order valence-electron chi connectivity index (χ1n) is 18.5. The number of carboxylic acid groups (broad SMARTS) is 1. The minimum Gasteiger partial charge on any atom is -0.481 e. The van der Waals surface area contributed by atoms with Crippen LogP contribution in [0, 0.1) is 5.92 Å². The lowest BCUT2D eigenvalue weighted by molar-refractivity contribution is -0.143. The van der Waals surface area contributed by atoms with Crippen molar-refractivity contribution < 1.29 is 20.1 Å². The summed E-state index contributed by atoms with van der Waals surface area (Å²) in [5, 5.41) is 42.9. The van der Waals surface area contributed by atoms with Crippen LogP contribution in [0.3, 0.4) is 0 Å². The van der Waals surface area contributed by atoms with Crippen LogP contribution in [-0.4, -0.2) is 69.7 Å². The monoisotopic (exact) mass is 625 g/mol. The topological polar surface area (TPSA) is 114 Å². The van der Waals surface area contributed by atoms with Gasteiger partial charge in [0.25, 0.3) is 0 Å². The minimum atomic E-state index is -1.22. The number of rotatable bonds is 5. The van der Waals surface area contributed by atoms with Gasteiger partial charge in [0.1, 0.15) is 0 Å². The summed E-state index contributed by atoms with van der Waals surface area (Å²) < 4.78 is 0. The Balaban J connectivity index is 1.40. The molecule has 254 valence electrons. The van der Waals surface area contributed by atoms with E-state index in [4.69, 9.17) is 0 Å². The highest BCUT2D eigenvalue weighted by molar-refractivity contribution is 5.68. The molecule has 7 heteroatoms. The van der Waals surface area contributed by atoms with Gasteiger partial charge in [-0.3, -0.25) is 4.79 Å². The van der Waals surface area contributed by atoms with Crippen molar-refractivity contribution in [1.29, 1.82) is 0 Å². The summed E-state index contributed by atoms with van der Waals surface area (Å²) in [6.07, 6.45) is 19.0. The van der Waals surface area contributed by atoms with Gasteiger partial charge >= 0.3 is 5.97 Å². The molecular formula is C38H63N3O4. The highest BCUT2D eigenvalue weighted by Gasteiger charge is 2.46. The third kappa shape index (κ3) is 9.31. The van der Waals surface area contributed by atoms with Crippen molar-refractivity contribution in [3.63, 3.8) is 0 Å². The molecule has 1 spiro atoms. The lowest BCUT2D eigenvalue weighted by atomic mass is 9.61. The molecule has 0 radical (unpaired) electrons. The highest BCUT2D eigenvalue weighted by Crippen LogP contribution is 2.46. The summed E-state index contributed by atoms with van der Waals surface area (Å²) >= 11 is 0. The third-order valence-electron chi connectivity index (χ3n) is 12.3. The van der Waals surface area contributed by atoms with E-state index >= 15 is 0 Å². The van der Waals surface area contributed by atoms with Crippen LogP contribution in [0.1, 0.15) is 141 Å². The quantitative estimate of drug-likeness (QED) is 0.238. The van der Waals surface area contributed by atoms with E-state index in [-0.39, 0.29) is 29.5 Å². The number of β-amino-alcohol motifs (C(OH)–C–C–N with tert-alkyl or cyclic N) is 1. The molecule has 5 rings (SSSR count). The number of aliphatic hydroxyl groups is 2. The molecule has 3 fully saturated rings. The molecule has 3 aliphatic heterocycles. The maximum Gasteiger partial charge on any atom is 0.306 e. The fraction of sp³-hybridized carbons (Fsp3) is 0.816. The lowest BCUT2D eigenvalue weighted by Gasteiger charge is -2.51. The fourth-order valence-corrected chi connectivity index (χ4v) is 9.40. The van der Waals surface area contributed by atoms with Crippen molar-refractivity contribution in [1.82, 2.24) is 16.0 Å². The molecule has 1 aromatic rings. The standard InChI is InChI=1S/C38H63N3O4/c1-28-33(42)17-16-32(41-28)15-14-29-11-6-3-4-7-18-37(45,26-35(43)44)27-40-36(2)21-22-39-34(25-36)38(19-8-5-9-20-38)31-13-10-12-30(23-29)24-31/h10,12-13,24,28-29,32-34,39-42,45H,3-9,11,14-23,25-27H2,1-2H3,(H,43,44)/t28-,29+,32-,33-,34?,36-,37-/m1/s1. The molecular weight excluding hydrogens is 562 g/mol. The van der Waals surface area contributed by atoms with Crippen molar-refractivity contribution in [3.05, 3.63) is 35.4 Å². The average molecular weight is 626 g/mol. The van der Waals surface area contributed by atoms with Gasteiger partial charge in [0, 0.05) is 35.6 Å². The lowest BCUT2D eigenvalue weighted by Crippen LogP contribution is -2.62. The number of aliphatic hydroxyl groups excluding tert-OH is 1. The van der Waals surface area contributed by atoms with Crippen LogP contribution in [0.4, 0.5) is 0 Å². The van der Waals surface area contributed by atoms with Crippen LogP contribution in [0.5, 0.6) is 0 Å². The first-order valence-corrected chi connectivity index (χ1v) is 18.5. The third-order valence-corrected chi connectivity index (χ3v) is 12.3. The van der Waals surface area contributed by atoms with Gasteiger partial charge in [-0.15, -0.1) is 0 Å². The molecule has 1 unspecified atom stereocenters. The SMILES string of the molecule is C[C@H]1N[C@H](CC[C@@H]2CCCCCC[C@@](O)(CC(=O)O)CN[C@]3(C)CCNC(C3)C3(CCCCC3)c3cccc(c3)C2)CC[C@H]1O. The maximum absolute atomic E-state index is 11.8. The zero-order valence-electron chi connectivity index (χ0n) is 28.3. The summed E-state index contributed by atoms with van der Waals surface area (Å²) in [5.74, 6) is -0.301. The van der Waals surface area contributed by atoms with E-state index in [1.165, 1.54) is 62.5 Å². The largest absolute Gasteiger partial charge is 0.481 e. The zero-order chi connectivity index (χ0) is 31.9. The number of nitrogens with one attached hydrogen (secondary N) is 3. The van der Waals surface area contributed by atoms with Gasteiger partial charge in [0.05, 0.1) is 18.1 Å². The predicted octanol–water partition coefficient (Wildman–Crippen LogP) is 5.99. The van der Waals surface area contributed by atoms with Crippen LogP contribution < -0.4 is 16.0 Å². The molecule has 7 atom stereocenters. The number of hydrogen-bond acceptors (Lipinski definition) is 6. The minimum absolute atomic E-state index is 0.0961. The second-order valence-corrected chi connectivity index (χ2v) is 16.0. The van der Waals surface area contributed by atoms with Crippen LogP contribution in [0.15, 0.2) is 24.3 Å². The van der Waals surface area contributed by atoms with Gasteiger partial charge < -0.3 is 31.3 Å². The molecule has 1 saturated carbocycles. The molecule has 45 heavy (non-hydrogen) atoms. The molecule has 1 aliphatic carbocycles. The summed E-state index contributed by atoms with van der Waals surface area (Å²) in [4.78, 5) is 11.8. The highest BCUT2D eigenvalue weighted by atomic mass is 16.4. The smallest absolute Gasteiger partial charge is 0.306 e. The molecule has 7 nitrogen and oxygen atoms in total. The number of fused-ring (bicyclic) bond motifs is 6. The van der Waals surface area contributed by atoms with Crippen molar-refractivity contribution in [3.8, 4) is 0 Å². The predicted molar refractivity (Wildman–Crippen MR) is 182 cm³/mol. The molecule has 4 bridgehead atoms. The number of piperidine rings is 2. The van der Waals surface area contributed by atoms with Gasteiger partial charge in [-0.05, 0) is 102 Å². The Morgan fingerprint density at radius 3 is 2.49 bits per heavy atom. The van der Waals surface area contributed by atoms with Crippen LogP contribution in [0.25, 0.3) is 0 Å². The van der Waals surface area contributed by atoms with Crippen LogP contribution >= 0.6 is 0 Å². The van der Waals surface area contributed by atoms with Gasteiger partial charge in [0.2, 0.25) is 0 Å². The van der Waals surface area contributed by atoms with Gasteiger partial charge in [-0.1, -0.05) is 75.6 Å². The Hall–Kier alpha value is -1.51. The Morgan fingerprint density at radius 1 is 0.956 bits per heavy atom. The number of hydrogen-bond donors (Lipinski definition) is 6. The van der Waals surface area contributed by atoms with Gasteiger partial charge in [-0.2, -0.15) is 0 Å². The van der Waals surface area contributed by atoms with E-state index in [0.29, 0.717) is 31.0 Å². The molecule has 2 saturated heterocycles. The van der Waals surface area contributed by atoms with Crippen molar-refractivity contribution >= 4 is 5.97 Å². The number of carbonyl (C=O) groups is 1. The normalized spacial score (nSPS) is 36.9. The molecule has 1 aromatic carbocycles. The summed E-state index contributed by atoms with van der Waals surface area (Å²) in [6.45, 7) is 5.66. The first kappa shape index (κ1) is 34.8. The van der Waals surface area contributed by atoms with Crippen LogP contribution in [-0.2, 0) is 16.6 Å². The molecule has 0 aromatic heterocycles. The number of carboxylic acids is 1. The molecule has 3 heterocycles. The second kappa shape index (κ2) is 15.6. The van der Waals surface area contributed by atoms with Crippen molar-refractivity contribution in [2.24, 2.45) is 5.92 Å². The van der Waals surface area contributed by atoms with Gasteiger partial charge in [0.15, 0.2) is 0 Å². The Morgan fingerprint density at radius 2 is 1.71 bits per heavy atom. The van der Waals surface area contributed by atoms with Crippen molar-refractivity contribution in [2.45, 2.75) is 177 Å². The number of benzene rings is 1. The van der Waals surface area contributed by atoms with E-state index in [1.807, 2.05) is 0 Å². The maximum atomic E-state index is 11.8. The molecule has 0 amide bonds. The molecule has 4 aliphatic rings. The zero-order valence-corrected chi connectivity index (χ0v) is 28.3. The molecule has 6 N–H and O–H groups in total. The van der Waals surface area contributed by atoms with Crippen molar-refractivity contribution in [2.75, 3.05) is 13.1 Å². The van der Waals surface area contributed by atoms with E-state index < -0.39 is 11.6 Å². The Bertz CT molecular complexity index is 1090. The Kier molecular flexibility index (Phi) is 12.1. The summed E-state index contributed by atoms with van der Waals surface area (Å²) in [5.41, 5.74) is 1.71. The van der Waals surface area contributed by atoms with E-state index in [9.17, 15) is 20.1 Å². The van der Waals surface area contributed by atoms with E-state index in [2.05, 4.69) is 54.1 Å². The summed E-state index contributed by atoms with van der Waals surface area (Å²) in [7, 11) is 0. The van der Waals surface area contributed by atoms with Crippen LogP contribution in [0.2, 0.25) is 0 Å². The fourth-order valence-electron chi connectivity index (χ4n) is 9.40. The van der Waals surface area contributed by atoms with E-state index in [0.717, 1.165) is 64.3 Å². The average Bonchev–Trinajstić information content (AvgIpc) is 3.02. The Labute approximate surface area is 272 Å².